The lowest BCUT2D eigenvalue weighted by molar-refractivity contribution is -0.116. The second-order valence-corrected chi connectivity index (χ2v) is 5.30. The van der Waals surface area contributed by atoms with Crippen LogP contribution in [-0.2, 0) is 4.79 Å². The highest BCUT2D eigenvalue weighted by Crippen LogP contribution is 2.17. The summed E-state index contributed by atoms with van der Waals surface area (Å²) in [6.07, 6.45) is 0.148. The van der Waals surface area contributed by atoms with E-state index < -0.39 is 11.1 Å². The highest BCUT2D eigenvalue weighted by Gasteiger charge is 2.15. The van der Waals surface area contributed by atoms with E-state index in [1.807, 2.05) is 13.8 Å². The third-order valence-electron chi connectivity index (χ3n) is 3.38. The van der Waals surface area contributed by atoms with E-state index in [2.05, 4.69) is 15.5 Å². The molecule has 0 fully saturated rings. The van der Waals surface area contributed by atoms with Crippen LogP contribution < -0.4 is 22.2 Å². The summed E-state index contributed by atoms with van der Waals surface area (Å²) in [5.41, 5.74) is 5.28. The van der Waals surface area contributed by atoms with Gasteiger partial charge >= 0.3 is 0 Å². The molecular weight excluding hydrogens is 272 g/mol. The predicted molar refractivity (Wildman–Crippen MR) is 81.2 cm³/mol. The van der Waals surface area contributed by atoms with Gasteiger partial charge < -0.3 is 11.1 Å². The van der Waals surface area contributed by atoms with Gasteiger partial charge in [-0.15, -0.1) is 0 Å². The lowest BCUT2D eigenvalue weighted by atomic mass is 10.0. The van der Waals surface area contributed by atoms with E-state index in [1.54, 1.807) is 12.1 Å². The topological polar surface area (TPSA) is 121 Å². The SMILES string of the molecule is CC(C)C(N)CC(=O)Nc1cccc2c(=O)[nH][nH]c(=O)c12. The summed E-state index contributed by atoms with van der Waals surface area (Å²) >= 11 is 0. The normalized spacial score (nSPS) is 12.6. The van der Waals surface area contributed by atoms with Crippen LogP contribution in [0.4, 0.5) is 5.69 Å². The molecule has 1 aromatic carbocycles. The molecule has 1 amide bonds. The molecule has 2 aromatic rings. The number of rotatable bonds is 4. The number of fused-ring (bicyclic) bond motifs is 1. The van der Waals surface area contributed by atoms with Gasteiger partial charge in [-0.05, 0) is 18.1 Å². The van der Waals surface area contributed by atoms with Gasteiger partial charge in [0.25, 0.3) is 11.1 Å². The van der Waals surface area contributed by atoms with Crippen LogP contribution in [-0.4, -0.2) is 22.1 Å². The fraction of sp³-hybridized carbons (Fsp3) is 0.357. The summed E-state index contributed by atoms with van der Waals surface area (Å²) in [4.78, 5) is 35.5. The molecule has 1 atom stereocenters. The third-order valence-corrected chi connectivity index (χ3v) is 3.38. The fourth-order valence-electron chi connectivity index (χ4n) is 1.98. The van der Waals surface area contributed by atoms with Gasteiger partial charge in [-0.25, -0.2) is 0 Å². The van der Waals surface area contributed by atoms with Gasteiger partial charge in [-0.3, -0.25) is 24.6 Å². The van der Waals surface area contributed by atoms with Crippen molar-refractivity contribution in [3.63, 3.8) is 0 Å². The number of aromatic nitrogens is 2. The van der Waals surface area contributed by atoms with Gasteiger partial charge in [-0.2, -0.15) is 0 Å². The Morgan fingerprint density at radius 3 is 2.57 bits per heavy atom. The molecule has 0 aliphatic heterocycles. The van der Waals surface area contributed by atoms with E-state index in [0.29, 0.717) is 5.69 Å². The monoisotopic (exact) mass is 290 g/mol. The fourth-order valence-corrected chi connectivity index (χ4v) is 1.98. The van der Waals surface area contributed by atoms with E-state index in [-0.39, 0.29) is 35.1 Å². The average molecular weight is 290 g/mol. The zero-order valence-corrected chi connectivity index (χ0v) is 11.9. The number of hydrogen-bond donors (Lipinski definition) is 4. The maximum Gasteiger partial charge on any atom is 0.272 e. The number of amides is 1. The van der Waals surface area contributed by atoms with E-state index in [4.69, 9.17) is 5.73 Å². The molecule has 7 heteroatoms. The van der Waals surface area contributed by atoms with E-state index in [9.17, 15) is 14.4 Å². The molecule has 2 rings (SSSR count). The summed E-state index contributed by atoms with van der Waals surface area (Å²) < 4.78 is 0. The average Bonchev–Trinajstić information content (AvgIpc) is 2.42. The molecule has 1 aromatic heterocycles. The van der Waals surface area contributed by atoms with Crippen molar-refractivity contribution >= 4 is 22.4 Å². The summed E-state index contributed by atoms with van der Waals surface area (Å²) in [6, 6.07) is 4.45. The number of H-pyrrole nitrogens is 2. The molecule has 0 aliphatic rings. The molecule has 0 saturated heterocycles. The molecule has 0 aliphatic carbocycles. The van der Waals surface area contributed by atoms with Gasteiger partial charge in [0.15, 0.2) is 0 Å². The minimum atomic E-state index is -0.464. The predicted octanol–water partition coefficient (Wildman–Crippen LogP) is 0.528. The van der Waals surface area contributed by atoms with Crippen molar-refractivity contribution in [2.24, 2.45) is 11.7 Å². The Hall–Kier alpha value is -2.41. The van der Waals surface area contributed by atoms with Crippen molar-refractivity contribution in [3.8, 4) is 0 Å². The lowest BCUT2D eigenvalue weighted by Gasteiger charge is -2.15. The Balaban J connectivity index is 2.36. The van der Waals surface area contributed by atoms with Crippen molar-refractivity contribution in [1.82, 2.24) is 10.2 Å². The molecular formula is C14H18N4O3. The number of aromatic amines is 2. The highest BCUT2D eigenvalue weighted by atomic mass is 16.2. The minimum Gasteiger partial charge on any atom is -0.327 e. The number of anilines is 1. The Bertz CT molecular complexity index is 776. The lowest BCUT2D eigenvalue weighted by Crippen LogP contribution is -2.32. The van der Waals surface area contributed by atoms with E-state index >= 15 is 0 Å². The van der Waals surface area contributed by atoms with Gasteiger partial charge in [-0.1, -0.05) is 19.9 Å². The minimum absolute atomic E-state index is 0.148. The first-order chi connectivity index (χ1) is 9.90. The molecule has 7 nitrogen and oxygen atoms in total. The summed E-state index contributed by atoms with van der Waals surface area (Å²) in [6.45, 7) is 3.86. The highest BCUT2D eigenvalue weighted by molar-refractivity contribution is 6.01. The first-order valence-corrected chi connectivity index (χ1v) is 6.69. The van der Waals surface area contributed by atoms with Crippen molar-refractivity contribution in [3.05, 3.63) is 38.9 Å². The molecule has 0 spiro atoms. The molecule has 112 valence electrons. The Kier molecular flexibility index (Phi) is 4.23. The summed E-state index contributed by atoms with van der Waals surface area (Å²) in [5, 5.41) is 7.52. The number of nitrogens with two attached hydrogens (primary N) is 1. The number of benzene rings is 1. The van der Waals surface area contributed by atoms with Gasteiger partial charge in [0.2, 0.25) is 5.91 Å². The van der Waals surface area contributed by atoms with Crippen LogP contribution in [0, 0.1) is 5.92 Å². The van der Waals surface area contributed by atoms with Crippen LogP contribution in [0.25, 0.3) is 10.8 Å². The number of hydrogen-bond acceptors (Lipinski definition) is 4. The number of carbonyl (C=O) groups excluding carboxylic acids is 1. The van der Waals surface area contributed by atoms with Crippen molar-refractivity contribution in [2.75, 3.05) is 5.32 Å². The van der Waals surface area contributed by atoms with Gasteiger partial charge in [0.1, 0.15) is 0 Å². The van der Waals surface area contributed by atoms with Crippen molar-refractivity contribution in [2.45, 2.75) is 26.3 Å². The number of nitrogens with one attached hydrogen (secondary N) is 3. The maximum absolute atomic E-state index is 12.0. The van der Waals surface area contributed by atoms with E-state index in [1.165, 1.54) is 6.07 Å². The van der Waals surface area contributed by atoms with Crippen molar-refractivity contribution in [1.29, 1.82) is 0 Å². The van der Waals surface area contributed by atoms with E-state index in [0.717, 1.165) is 0 Å². The molecule has 0 bridgehead atoms. The maximum atomic E-state index is 12.0. The molecule has 1 unspecified atom stereocenters. The summed E-state index contributed by atoms with van der Waals surface area (Å²) in [7, 11) is 0. The van der Waals surface area contributed by atoms with Crippen LogP contribution in [0.3, 0.4) is 0 Å². The quantitative estimate of drug-likeness (QED) is 0.656. The zero-order chi connectivity index (χ0) is 15.6. The zero-order valence-electron chi connectivity index (χ0n) is 11.9. The summed E-state index contributed by atoms with van der Waals surface area (Å²) in [5.74, 6) is -0.113. The first-order valence-electron chi connectivity index (χ1n) is 6.69. The van der Waals surface area contributed by atoms with Gasteiger partial charge in [0, 0.05) is 12.5 Å². The molecule has 5 N–H and O–H groups in total. The largest absolute Gasteiger partial charge is 0.327 e. The van der Waals surface area contributed by atoms with Crippen LogP contribution in [0.15, 0.2) is 27.8 Å². The second-order valence-electron chi connectivity index (χ2n) is 5.30. The van der Waals surface area contributed by atoms with Crippen molar-refractivity contribution < 1.29 is 4.79 Å². The van der Waals surface area contributed by atoms with Crippen LogP contribution in [0.1, 0.15) is 20.3 Å². The Labute approximate surface area is 120 Å². The standard InChI is InChI=1S/C14H18N4O3/c1-7(2)9(15)6-11(19)16-10-5-3-4-8-12(10)14(21)18-17-13(8)20/h3-5,7,9H,6,15H2,1-2H3,(H,16,19)(H,17,20)(H,18,21). The van der Waals surface area contributed by atoms with Gasteiger partial charge in [0.05, 0.1) is 16.5 Å². The molecule has 21 heavy (non-hydrogen) atoms. The second kappa shape index (κ2) is 5.92. The van der Waals surface area contributed by atoms with Crippen LogP contribution in [0.2, 0.25) is 0 Å². The van der Waals surface area contributed by atoms with Crippen LogP contribution >= 0.6 is 0 Å². The first kappa shape index (κ1) is 15.0. The molecule has 0 saturated carbocycles. The number of carbonyl (C=O) groups is 1. The third kappa shape index (κ3) is 3.19. The molecule has 1 heterocycles. The molecule has 0 radical (unpaired) electrons. The Morgan fingerprint density at radius 1 is 1.24 bits per heavy atom. The Morgan fingerprint density at radius 2 is 1.90 bits per heavy atom. The smallest absolute Gasteiger partial charge is 0.272 e. The van der Waals surface area contributed by atoms with Crippen LogP contribution in [0.5, 0.6) is 0 Å².